The standard InChI is InChI=1S/C20H26N2O4S/c1-12-7-15(4)20(16(5)8-12)22-19(23)11-21-27(24,25)18-10-13(2)17(26-6)9-14(18)3/h7-10,21H,11H2,1-6H3,(H,22,23). The Morgan fingerprint density at radius 3 is 2.07 bits per heavy atom. The summed E-state index contributed by atoms with van der Waals surface area (Å²) in [5.41, 5.74) is 4.94. The maximum atomic E-state index is 12.6. The van der Waals surface area contributed by atoms with Crippen molar-refractivity contribution < 1.29 is 17.9 Å². The topological polar surface area (TPSA) is 84.5 Å². The van der Waals surface area contributed by atoms with E-state index in [9.17, 15) is 13.2 Å². The number of aryl methyl sites for hydroxylation is 5. The zero-order valence-corrected chi connectivity index (χ0v) is 17.4. The normalized spacial score (nSPS) is 11.3. The zero-order chi connectivity index (χ0) is 20.4. The third kappa shape index (κ3) is 4.87. The molecule has 27 heavy (non-hydrogen) atoms. The number of rotatable bonds is 6. The molecule has 0 aliphatic rings. The molecule has 6 nitrogen and oxygen atoms in total. The molecule has 0 aliphatic heterocycles. The fourth-order valence-electron chi connectivity index (χ4n) is 3.07. The van der Waals surface area contributed by atoms with Gasteiger partial charge in [-0.1, -0.05) is 17.7 Å². The summed E-state index contributed by atoms with van der Waals surface area (Å²) in [5, 5.41) is 2.79. The molecule has 2 rings (SSSR count). The second kappa shape index (κ2) is 8.10. The van der Waals surface area contributed by atoms with Crippen molar-refractivity contribution in [3.05, 3.63) is 52.1 Å². The number of benzene rings is 2. The minimum absolute atomic E-state index is 0.135. The van der Waals surface area contributed by atoms with Crippen molar-refractivity contribution in [2.24, 2.45) is 0 Å². The average molecular weight is 391 g/mol. The average Bonchev–Trinajstić information content (AvgIpc) is 2.57. The van der Waals surface area contributed by atoms with Crippen molar-refractivity contribution >= 4 is 21.6 Å². The third-order valence-electron chi connectivity index (χ3n) is 4.35. The van der Waals surface area contributed by atoms with Gasteiger partial charge in [-0.2, -0.15) is 0 Å². The van der Waals surface area contributed by atoms with Gasteiger partial charge < -0.3 is 10.1 Å². The second-order valence-electron chi connectivity index (χ2n) is 6.73. The number of amides is 1. The molecule has 0 saturated heterocycles. The summed E-state index contributed by atoms with van der Waals surface area (Å²) in [6.45, 7) is 8.91. The van der Waals surface area contributed by atoms with E-state index in [4.69, 9.17) is 4.74 Å². The highest BCUT2D eigenvalue weighted by atomic mass is 32.2. The molecule has 1 amide bonds. The summed E-state index contributed by atoms with van der Waals surface area (Å²) in [6.07, 6.45) is 0. The van der Waals surface area contributed by atoms with Crippen molar-refractivity contribution in [3.63, 3.8) is 0 Å². The summed E-state index contributed by atoms with van der Waals surface area (Å²) < 4.78 is 32.8. The molecule has 0 fully saturated rings. The van der Waals surface area contributed by atoms with Crippen molar-refractivity contribution in [1.29, 1.82) is 0 Å². The van der Waals surface area contributed by atoms with Crippen LogP contribution in [0.25, 0.3) is 0 Å². The van der Waals surface area contributed by atoms with Crippen LogP contribution in [0.5, 0.6) is 5.75 Å². The van der Waals surface area contributed by atoms with Gasteiger partial charge in [0.2, 0.25) is 15.9 Å². The van der Waals surface area contributed by atoms with E-state index in [1.54, 1.807) is 26.0 Å². The van der Waals surface area contributed by atoms with Crippen LogP contribution in [-0.4, -0.2) is 28.0 Å². The van der Waals surface area contributed by atoms with Crippen LogP contribution < -0.4 is 14.8 Å². The zero-order valence-electron chi connectivity index (χ0n) is 16.6. The molecule has 0 heterocycles. The lowest BCUT2D eigenvalue weighted by atomic mass is 10.1. The van der Waals surface area contributed by atoms with Crippen LogP contribution in [0.1, 0.15) is 27.8 Å². The number of hydrogen-bond acceptors (Lipinski definition) is 4. The van der Waals surface area contributed by atoms with Gasteiger partial charge in [-0.3, -0.25) is 4.79 Å². The van der Waals surface area contributed by atoms with Crippen LogP contribution in [0.3, 0.4) is 0 Å². The van der Waals surface area contributed by atoms with Crippen molar-refractivity contribution in [1.82, 2.24) is 4.72 Å². The Bertz CT molecular complexity index is 959. The predicted octanol–water partition coefficient (Wildman–Crippen LogP) is 3.15. The second-order valence-corrected chi connectivity index (χ2v) is 8.47. The number of nitrogens with one attached hydrogen (secondary N) is 2. The van der Waals surface area contributed by atoms with E-state index < -0.39 is 15.9 Å². The molecular formula is C20H26N2O4S. The first kappa shape index (κ1) is 20.9. The largest absolute Gasteiger partial charge is 0.496 e. The summed E-state index contributed by atoms with van der Waals surface area (Å²) in [4.78, 5) is 12.4. The van der Waals surface area contributed by atoms with Gasteiger partial charge in [-0.05, 0) is 69.0 Å². The molecule has 7 heteroatoms. The van der Waals surface area contributed by atoms with E-state index in [-0.39, 0.29) is 11.4 Å². The number of carbonyl (C=O) groups excluding carboxylic acids is 1. The van der Waals surface area contributed by atoms with Crippen molar-refractivity contribution in [2.75, 3.05) is 19.0 Å². The number of hydrogen-bond donors (Lipinski definition) is 2. The summed E-state index contributed by atoms with van der Waals surface area (Å²) >= 11 is 0. The monoisotopic (exact) mass is 390 g/mol. The first-order valence-electron chi connectivity index (χ1n) is 8.57. The molecule has 2 aromatic rings. The van der Waals surface area contributed by atoms with Crippen LogP contribution in [0.15, 0.2) is 29.2 Å². The highest BCUT2D eigenvalue weighted by Gasteiger charge is 2.20. The smallest absolute Gasteiger partial charge is 0.241 e. The molecule has 2 aromatic carbocycles. The Balaban J connectivity index is 2.14. The van der Waals surface area contributed by atoms with E-state index >= 15 is 0 Å². The number of methoxy groups -OCH3 is 1. The molecule has 0 atom stereocenters. The lowest BCUT2D eigenvalue weighted by molar-refractivity contribution is -0.115. The van der Waals surface area contributed by atoms with E-state index in [1.165, 1.54) is 7.11 Å². The minimum Gasteiger partial charge on any atom is -0.496 e. The molecule has 0 radical (unpaired) electrons. The minimum atomic E-state index is -3.82. The Hall–Kier alpha value is -2.38. The Kier molecular flexibility index (Phi) is 6.28. The van der Waals surface area contributed by atoms with Gasteiger partial charge in [0, 0.05) is 5.69 Å². The van der Waals surface area contributed by atoms with Gasteiger partial charge in [-0.15, -0.1) is 0 Å². The lowest BCUT2D eigenvalue weighted by Gasteiger charge is -2.14. The van der Waals surface area contributed by atoms with E-state index in [1.807, 2.05) is 32.9 Å². The third-order valence-corrected chi connectivity index (χ3v) is 5.89. The van der Waals surface area contributed by atoms with E-state index in [0.29, 0.717) is 22.6 Å². The van der Waals surface area contributed by atoms with Crippen LogP contribution in [0.2, 0.25) is 0 Å². The highest BCUT2D eigenvalue weighted by Crippen LogP contribution is 2.25. The summed E-state index contributed by atoms with van der Waals surface area (Å²) in [5.74, 6) is 0.200. The van der Waals surface area contributed by atoms with Gasteiger partial charge in [0.1, 0.15) is 5.75 Å². The van der Waals surface area contributed by atoms with Crippen molar-refractivity contribution in [3.8, 4) is 5.75 Å². The Labute approximate surface area is 161 Å². The quantitative estimate of drug-likeness (QED) is 0.793. The molecule has 0 aliphatic carbocycles. The lowest BCUT2D eigenvalue weighted by Crippen LogP contribution is -2.33. The maximum absolute atomic E-state index is 12.6. The number of sulfonamides is 1. The van der Waals surface area contributed by atoms with Gasteiger partial charge in [0.15, 0.2) is 0 Å². The highest BCUT2D eigenvalue weighted by molar-refractivity contribution is 7.89. The van der Waals surface area contributed by atoms with E-state index in [0.717, 1.165) is 16.7 Å². The Morgan fingerprint density at radius 2 is 1.52 bits per heavy atom. The molecular weight excluding hydrogens is 364 g/mol. The van der Waals surface area contributed by atoms with Crippen LogP contribution in [-0.2, 0) is 14.8 Å². The van der Waals surface area contributed by atoms with Crippen LogP contribution in [0, 0.1) is 34.6 Å². The Morgan fingerprint density at radius 1 is 0.926 bits per heavy atom. The van der Waals surface area contributed by atoms with Gasteiger partial charge in [0.25, 0.3) is 0 Å². The molecule has 0 unspecified atom stereocenters. The van der Waals surface area contributed by atoms with Crippen LogP contribution >= 0.6 is 0 Å². The molecule has 0 saturated carbocycles. The fraction of sp³-hybridized carbons (Fsp3) is 0.350. The molecule has 2 N–H and O–H groups in total. The fourth-order valence-corrected chi connectivity index (χ4v) is 4.36. The summed E-state index contributed by atoms with van der Waals surface area (Å²) in [7, 11) is -2.28. The molecule has 146 valence electrons. The number of anilines is 1. The van der Waals surface area contributed by atoms with Gasteiger partial charge in [-0.25, -0.2) is 13.1 Å². The van der Waals surface area contributed by atoms with Crippen LogP contribution in [0.4, 0.5) is 5.69 Å². The van der Waals surface area contributed by atoms with Gasteiger partial charge >= 0.3 is 0 Å². The maximum Gasteiger partial charge on any atom is 0.241 e. The first-order valence-corrected chi connectivity index (χ1v) is 10.1. The molecule has 0 bridgehead atoms. The first-order chi connectivity index (χ1) is 12.5. The number of ether oxygens (including phenoxy) is 1. The SMILES string of the molecule is COc1cc(C)c(S(=O)(=O)NCC(=O)Nc2c(C)cc(C)cc2C)cc1C. The van der Waals surface area contributed by atoms with Gasteiger partial charge in [0.05, 0.1) is 18.6 Å². The summed E-state index contributed by atoms with van der Waals surface area (Å²) in [6, 6.07) is 7.15. The predicted molar refractivity (Wildman–Crippen MR) is 107 cm³/mol. The number of carbonyl (C=O) groups is 1. The van der Waals surface area contributed by atoms with E-state index in [2.05, 4.69) is 10.0 Å². The molecule has 0 aromatic heterocycles. The van der Waals surface area contributed by atoms with Crippen molar-refractivity contribution in [2.45, 2.75) is 39.5 Å². The molecule has 0 spiro atoms.